The third kappa shape index (κ3) is 5.33. The van der Waals surface area contributed by atoms with E-state index in [1.807, 2.05) is 13.8 Å². The molecule has 104 valence electrons. The van der Waals surface area contributed by atoms with Crippen molar-refractivity contribution in [3.05, 3.63) is 48.0 Å². The molecule has 0 spiro atoms. The molecule has 1 nitrogen and oxygen atoms in total. The minimum Gasteiger partial charge on any atom is -0.344 e. The Balaban J connectivity index is -0.000000429. The van der Waals surface area contributed by atoms with Crippen LogP contribution in [0.1, 0.15) is 54.0 Å². The summed E-state index contributed by atoms with van der Waals surface area (Å²) in [7, 11) is 0. The maximum absolute atomic E-state index is 2.28. The fraction of sp³-hybridized carbons (Fsp3) is 0.412. The van der Waals surface area contributed by atoms with Crippen LogP contribution in [0.15, 0.2) is 42.5 Å². The Morgan fingerprint density at radius 1 is 0.778 bits per heavy atom. The molecule has 0 aliphatic rings. The number of hydrogen-bond acceptors (Lipinski definition) is 1. The van der Waals surface area contributed by atoms with Crippen LogP contribution in [0.3, 0.4) is 0 Å². The SMILES string of the molecule is C.C.CC.CC(C)c1ccc2ccccc2c1.N. The summed E-state index contributed by atoms with van der Waals surface area (Å²) >= 11 is 0. The van der Waals surface area contributed by atoms with E-state index >= 15 is 0 Å². The first-order chi connectivity index (χ1) is 7.27. The first kappa shape index (κ1) is 21.9. The zero-order valence-electron chi connectivity index (χ0n) is 10.8. The Hall–Kier alpha value is -1.34. The van der Waals surface area contributed by atoms with Gasteiger partial charge < -0.3 is 6.15 Å². The lowest BCUT2D eigenvalue weighted by Crippen LogP contribution is -1.85. The predicted octanol–water partition coefficient (Wildman–Crippen LogP) is 6.42. The summed E-state index contributed by atoms with van der Waals surface area (Å²) in [5, 5.41) is 2.67. The van der Waals surface area contributed by atoms with Crippen LogP contribution in [0.5, 0.6) is 0 Å². The van der Waals surface area contributed by atoms with Crippen LogP contribution in [0.25, 0.3) is 10.8 Å². The summed E-state index contributed by atoms with van der Waals surface area (Å²) in [6.07, 6.45) is 0. The van der Waals surface area contributed by atoms with Crippen molar-refractivity contribution in [2.45, 2.75) is 48.5 Å². The van der Waals surface area contributed by atoms with E-state index in [-0.39, 0.29) is 21.0 Å². The molecule has 2 rings (SSSR count). The average Bonchev–Trinajstić information content (AvgIpc) is 2.31. The number of hydrogen-bond donors (Lipinski definition) is 1. The lowest BCUT2D eigenvalue weighted by molar-refractivity contribution is 0.869. The third-order valence-electron chi connectivity index (χ3n) is 2.44. The fourth-order valence-corrected chi connectivity index (χ4v) is 1.57. The molecule has 0 saturated carbocycles. The highest BCUT2D eigenvalue weighted by Gasteiger charge is 1.99. The van der Waals surface area contributed by atoms with Crippen molar-refractivity contribution in [2.24, 2.45) is 0 Å². The van der Waals surface area contributed by atoms with Crippen molar-refractivity contribution in [2.75, 3.05) is 0 Å². The summed E-state index contributed by atoms with van der Waals surface area (Å²) in [6.45, 7) is 8.45. The van der Waals surface area contributed by atoms with Crippen molar-refractivity contribution in [3.8, 4) is 0 Å². The molecular weight excluding hydrogens is 218 g/mol. The molecule has 0 atom stereocenters. The molecule has 0 aromatic heterocycles. The van der Waals surface area contributed by atoms with Crippen LogP contribution in [0, 0.1) is 0 Å². The standard InChI is InChI=1S/C13H14.C2H6.2CH4.H3N/c1-10(2)12-8-7-11-5-3-4-6-13(11)9-12;1-2;;;/h3-10H,1-2H3;1-2H3;2*1H4;1H3. The molecule has 18 heavy (non-hydrogen) atoms. The van der Waals surface area contributed by atoms with Crippen molar-refractivity contribution in [3.63, 3.8) is 0 Å². The van der Waals surface area contributed by atoms with Gasteiger partial charge in [0.05, 0.1) is 0 Å². The molecular formula is C17H31N. The van der Waals surface area contributed by atoms with Gasteiger partial charge in [0.2, 0.25) is 0 Å². The van der Waals surface area contributed by atoms with Gasteiger partial charge in [-0.15, -0.1) is 0 Å². The monoisotopic (exact) mass is 249 g/mol. The van der Waals surface area contributed by atoms with E-state index in [0.717, 1.165) is 0 Å². The Bertz CT molecular complexity index is 419. The van der Waals surface area contributed by atoms with E-state index < -0.39 is 0 Å². The van der Waals surface area contributed by atoms with Crippen molar-refractivity contribution in [1.82, 2.24) is 6.15 Å². The van der Waals surface area contributed by atoms with Gasteiger partial charge in [-0.25, -0.2) is 0 Å². The Morgan fingerprint density at radius 3 is 1.78 bits per heavy atom. The van der Waals surface area contributed by atoms with Crippen LogP contribution in [0.2, 0.25) is 0 Å². The molecule has 0 unspecified atom stereocenters. The van der Waals surface area contributed by atoms with Crippen molar-refractivity contribution >= 4 is 10.8 Å². The number of fused-ring (bicyclic) bond motifs is 1. The highest BCUT2D eigenvalue weighted by Crippen LogP contribution is 2.20. The Morgan fingerprint density at radius 2 is 1.28 bits per heavy atom. The lowest BCUT2D eigenvalue weighted by Gasteiger charge is -2.06. The zero-order chi connectivity index (χ0) is 11.3. The largest absolute Gasteiger partial charge is 0.344 e. The molecule has 0 radical (unpaired) electrons. The maximum Gasteiger partial charge on any atom is -0.0181 e. The molecule has 1 heteroatoms. The molecule has 0 heterocycles. The molecule has 2 aromatic carbocycles. The fourth-order valence-electron chi connectivity index (χ4n) is 1.57. The first-order valence-corrected chi connectivity index (χ1v) is 5.76. The van der Waals surface area contributed by atoms with E-state index in [1.165, 1.54) is 16.3 Å². The van der Waals surface area contributed by atoms with E-state index in [4.69, 9.17) is 0 Å². The van der Waals surface area contributed by atoms with Crippen LogP contribution >= 0.6 is 0 Å². The first-order valence-electron chi connectivity index (χ1n) is 5.76. The second-order valence-electron chi connectivity index (χ2n) is 3.76. The second-order valence-corrected chi connectivity index (χ2v) is 3.76. The summed E-state index contributed by atoms with van der Waals surface area (Å²) in [4.78, 5) is 0. The molecule has 0 fully saturated rings. The maximum atomic E-state index is 2.28. The predicted molar refractivity (Wildman–Crippen MR) is 87.9 cm³/mol. The van der Waals surface area contributed by atoms with Crippen LogP contribution in [0.4, 0.5) is 0 Å². The van der Waals surface area contributed by atoms with E-state index in [9.17, 15) is 0 Å². The highest BCUT2D eigenvalue weighted by molar-refractivity contribution is 5.83. The van der Waals surface area contributed by atoms with Gasteiger partial charge >= 0.3 is 0 Å². The molecule has 0 aliphatic carbocycles. The van der Waals surface area contributed by atoms with Crippen molar-refractivity contribution < 1.29 is 0 Å². The van der Waals surface area contributed by atoms with Gasteiger partial charge in [0.1, 0.15) is 0 Å². The van der Waals surface area contributed by atoms with Crippen molar-refractivity contribution in [1.29, 1.82) is 0 Å². The van der Waals surface area contributed by atoms with Gasteiger partial charge in [0.15, 0.2) is 0 Å². The Labute approximate surface area is 114 Å². The van der Waals surface area contributed by atoms with Crippen LogP contribution in [-0.4, -0.2) is 0 Å². The van der Waals surface area contributed by atoms with Gasteiger partial charge in [-0.05, 0) is 22.3 Å². The van der Waals surface area contributed by atoms with Crippen LogP contribution < -0.4 is 6.15 Å². The van der Waals surface area contributed by atoms with Gasteiger partial charge in [-0.2, -0.15) is 0 Å². The normalized spacial score (nSPS) is 8.28. The Kier molecular flexibility index (Phi) is 13.1. The second kappa shape index (κ2) is 10.8. The lowest BCUT2D eigenvalue weighted by atomic mass is 9.99. The van der Waals surface area contributed by atoms with E-state index in [0.29, 0.717) is 5.92 Å². The number of benzene rings is 2. The van der Waals surface area contributed by atoms with Gasteiger partial charge in [-0.3, -0.25) is 0 Å². The molecule has 3 N–H and O–H groups in total. The van der Waals surface area contributed by atoms with Crippen LogP contribution in [-0.2, 0) is 0 Å². The minimum atomic E-state index is 0. The smallest absolute Gasteiger partial charge is 0.0181 e. The minimum absolute atomic E-state index is 0. The van der Waals surface area contributed by atoms with E-state index in [1.54, 1.807) is 0 Å². The third-order valence-corrected chi connectivity index (χ3v) is 2.44. The number of rotatable bonds is 1. The summed E-state index contributed by atoms with van der Waals surface area (Å²) in [5.41, 5.74) is 1.42. The molecule has 0 saturated heterocycles. The van der Waals surface area contributed by atoms with Gasteiger partial charge in [0.25, 0.3) is 0 Å². The van der Waals surface area contributed by atoms with E-state index in [2.05, 4.69) is 56.3 Å². The average molecular weight is 249 g/mol. The van der Waals surface area contributed by atoms with Gasteiger partial charge in [-0.1, -0.05) is 85.0 Å². The van der Waals surface area contributed by atoms with Gasteiger partial charge in [0, 0.05) is 0 Å². The highest BCUT2D eigenvalue weighted by atomic mass is 14.0. The summed E-state index contributed by atoms with van der Waals surface area (Å²) < 4.78 is 0. The zero-order valence-corrected chi connectivity index (χ0v) is 10.8. The topological polar surface area (TPSA) is 35.0 Å². The molecule has 0 bridgehead atoms. The molecule has 0 amide bonds. The molecule has 2 aromatic rings. The summed E-state index contributed by atoms with van der Waals surface area (Å²) in [6, 6.07) is 15.2. The quantitative estimate of drug-likeness (QED) is 0.621. The molecule has 0 aliphatic heterocycles. The summed E-state index contributed by atoms with van der Waals surface area (Å²) in [5.74, 6) is 0.615.